The monoisotopic (exact) mass is 251 g/mol. The Bertz CT molecular complexity index is 492. The smallest absolute Gasteiger partial charge is 0.292 e. The Kier molecular flexibility index (Phi) is 4.20. The number of nitriles is 1. The maximum atomic E-state index is 10.8. The molecule has 0 saturated carbocycles. The van der Waals surface area contributed by atoms with Gasteiger partial charge in [0.15, 0.2) is 0 Å². The summed E-state index contributed by atoms with van der Waals surface area (Å²) in [5.74, 6) is 0. The lowest BCUT2D eigenvalue weighted by atomic mass is 10.0. The number of hydrogen-bond acceptors (Lipinski definition) is 6. The summed E-state index contributed by atoms with van der Waals surface area (Å²) in [4.78, 5) is 10.2. The van der Waals surface area contributed by atoms with Crippen molar-refractivity contribution in [1.29, 1.82) is 5.26 Å². The summed E-state index contributed by atoms with van der Waals surface area (Å²) in [7, 11) is 0. The molecule has 0 spiro atoms. The summed E-state index contributed by atoms with van der Waals surface area (Å²) in [5, 5.41) is 40.6. The number of nitrogens with zero attached hydrogens (tertiary/aromatic N) is 2. The number of nitro benzene ring substituents is 1. The van der Waals surface area contributed by atoms with Crippen LogP contribution in [-0.2, 0) is 0 Å². The minimum Gasteiger partial charge on any atom is -0.394 e. The van der Waals surface area contributed by atoms with E-state index in [1.807, 2.05) is 6.07 Å². The number of aliphatic hydroxyl groups excluding tert-OH is 2. The van der Waals surface area contributed by atoms with Gasteiger partial charge in [-0.15, -0.1) is 0 Å². The first kappa shape index (κ1) is 13.9. The molecule has 7 nitrogen and oxygen atoms in total. The molecule has 0 radical (unpaired) electrons. The molecule has 0 amide bonds. The van der Waals surface area contributed by atoms with Crippen LogP contribution in [0.25, 0.3) is 0 Å². The quantitative estimate of drug-likeness (QED) is 0.521. The van der Waals surface area contributed by atoms with Crippen LogP contribution in [-0.4, -0.2) is 33.9 Å². The molecule has 0 atom stereocenters. The van der Waals surface area contributed by atoms with E-state index in [-0.39, 0.29) is 16.9 Å². The van der Waals surface area contributed by atoms with E-state index in [9.17, 15) is 10.1 Å². The highest BCUT2D eigenvalue weighted by Gasteiger charge is 2.26. The van der Waals surface area contributed by atoms with Crippen LogP contribution < -0.4 is 5.32 Å². The third-order valence-electron chi connectivity index (χ3n) is 2.46. The summed E-state index contributed by atoms with van der Waals surface area (Å²) in [6.07, 6.45) is 0. The molecule has 0 fully saturated rings. The van der Waals surface area contributed by atoms with Crippen LogP contribution in [0.5, 0.6) is 0 Å². The lowest BCUT2D eigenvalue weighted by Crippen LogP contribution is -2.42. The molecule has 0 saturated heterocycles. The van der Waals surface area contributed by atoms with Crippen LogP contribution in [0.3, 0.4) is 0 Å². The van der Waals surface area contributed by atoms with Crippen LogP contribution >= 0.6 is 0 Å². The van der Waals surface area contributed by atoms with Crippen molar-refractivity contribution >= 4 is 11.4 Å². The van der Waals surface area contributed by atoms with Gasteiger partial charge in [0.2, 0.25) is 0 Å². The van der Waals surface area contributed by atoms with Gasteiger partial charge < -0.3 is 15.5 Å². The Morgan fingerprint density at radius 2 is 2.11 bits per heavy atom. The van der Waals surface area contributed by atoms with E-state index in [2.05, 4.69) is 5.32 Å². The number of anilines is 1. The standard InChI is InChI=1S/C11H13N3O4/c1-11(6-15,7-16)13-9-4-8(5-12)2-3-10(9)14(17)18/h2-4,13,15-16H,6-7H2,1H3. The van der Waals surface area contributed by atoms with Crippen molar-refractivity contribution in [2.75, 3.05) is 18.5 Å². The molecule has 0 unspecified atom stereocenters. The molecular formula is C11H13N3O4. The molecule has 0 aromatic heterocycles. The summed E-state index contributed by atoms with van der Waals surface area (Å²) >= 11 is 0. The van der Waals surface area contributed by atoms with E-state index >= 15 is 0 Å². The molecule has 7 heteroatoms. The number of nitro groups is 1. The van der Waals surface area contributed by atoms with Gasteiger partial charge in [-0.25, -0.2) is 0 Å². The number of benzene rings is 1. The van der Waals surface area contributed by atoms with E-state index in [0.717, 1.165) is 0 Å². The lowest BCUT2D eigenvalue weighted by Gasteiger charge is -2.27. The Hall–Kier alpha value is -2.17. The van der Waals surface area contributed by atoms with Gasteiger partial charge in [0, 0.05) is 6.07 Å². The first-order valence-corrected chi connectivity index (χ1v) is 5.14. The molecule has 0 bridgehead atoms. The fourth-order valence-corrected chi connectivity index (χ4v) is 1.32. The van der Waals surface area contributed by atoms with Crippen LogP contribution in [0.1, 0.15) is 12.5 Å². The average Bonchev–Trinajstić information content (AvgIpc) is 2.38. The highest BCUT2D eigenvalue weighted by Crippen LogP contribution is 2.27. The maximum absolute atomic E-state index is 10.8. The van der Waals surface area contributed by atoms with E-state index in [4.69, 9.17) is 15.5 Å². The topological polar surface area (TPSA) is 119 Å². The van der Waals surface area contributed by atoms with Gasteiger partial charge in [0.25, 0.3) is 5.69 Å². The van der Waals surface area contributed by atoms with Gasteiger partial charge in [-0.1, -0.05) is 0 Å². The summed E-state index contributed by atoms with van der Waals surface area (Å²) in [6, 6.07) is 5.71. The van der Waals surface area contributed by atoms with Crippen molar-refractivity contribution in [2.45, 2.75) is 12.5 Å². The van der Waals surface area contributed by atoms with Gasteiger partial charge in [-0.2, -0.15) is 5.26 Å². The average molecular weight is 251 g/mol. The van der Waals surface area contributed by atoms with Crippen LogP contribution in [0.2, 0.25) is 0 Å². The van der Waals surface area contributed by atoms with Crippen molar-refractivity contribution in [3.63, 3.8) is 0 Å². The van der Waals surface area contributed by atoms with Gasteiger partial charge in [-0.3, -0.25) is 10.1 Å². The van der Waals surface area contributed by atoms with Gasteiger partial charge in [-0.05, 0) is 19.1 Å². The zero-order chi connectivity index (χ0) is 13.8. The zero-order valence-electron chi connectivity index (χ0n) is 9.75. The molecule has 1 aromatic carbocycles. The van der Waals surface area contributed by atoms with Crippen LogP contribution in [0.4, 0.5) is 11.4 Å². The minimum absolute atomic E-state index is 0.0876. The molecule has 18 heavy (non-hydrogen) atoms. The minimum atomic E-state index is -1.10. The number of hydrogen-bond donors (Lipinski definition) is 3. The number of rotatable bonds is 5. The van der Waals surface area contributed by atoms with E-state index in [1.54, 1.807) is 0 Å². The second kappa shape index (κ2) is 5.44. The van der Waals surface area contributed by atoms with Crippen molar-refractivity contribution in [1.82, 2.24) is 0 Å². The molecular weight excluding hydrogens is 238 g/mol. The normalized spacial score (nSPS) is 10.8. The Balaban J connectivity index is 3.20. The first-order valence-electron chi connectivity index (χ1n) is 5.14. The summed E-state index contributed by atoms with van der Waals surface area (Å²) in [6.45, 7) is 0.699. The zero-order valence-corrected chi connectivity index (χ0v) is 9.75. The molecule has 3 N–H and O–H groups in total. The fraction of sp³-hybridized carbons (Fsp3) is 0.364. The SMILES string of the molecule is CC(CO)(CO)Nc1cc(C#N)ccc1[N+](=O)[O-]. The number of aliphatic hydroxyl groups is 2. The van der Waals surface area contributed by atoms with Crippen molar-refractivity contribution in [2.24, 2.45) is 0 Å². The molecule has 0 heterocycles. The maximum Gasteiger partial charge on any atom is 0.292 e. The second-order valence-electron chi connectivity index (χ2n) is 4.10. The molecule has 0 aliphatic carbocycles. The van der Waals surface area contributed by atoms with Crippen LogP contribution in [0.15, 0.2) is 18.2 Å². The highest BCUT2D eigenvalue weighted by molar-refractivity contribution is 5.65. The third-order valence-corrected chi connectivity index (χ3v) is 2.46. The molecule has 0 aliphatic rings. The Labute approximate surface area is 103 Å². The van der Waals surface area contributed by atoms with E-state index < -0.39 is 23.7 Å². The van der Waals surface area contributed by atoms with E-state index in [1.165, 1.54) is 25.1 Å². The summed E-state index contributed by atoms with van der Waals surface area (Å²) in [5.41, 5.74) is -0.980. The first-order chi connectivity index (χ1) is 8.45. The fourth-order valence-electron chi connectivity index (χ4n) is 1.32. The predicted molar refractivity (Wildman–Crippen MR) is 64.0 cm³/mol. The van der Waals surface area contributed by atoms with E-state index in [0.29, 0.717) is 0 Å². The molecule has 96 valence electrons. The Morgan fingerprint density at radius 3 is 2.56 bits per heavy atom. The predicted octanol–water partition coefficient (Wildman–Crippen LogP) is 0.622. The van der Waals surface area contributed by atoms with Crippen molar-refractivity contribution in [3.8, 4) is 6.07 Å². The van der Waals surface area contributed by atoms with Crippen molar-refractivity contribution in [3.05, 3.63) is 33.9 Å². The Morgan fingerprint density at radius 1 is 1.50 bits per heavy atom. The molecule has 0 aliphatic heterocycles. The van der Waals surface area contributed by atoms with Crippen LogP contribution in [0, 0.1) is 21.4 Å². The van der Waals surface area contributed by atoms with Gasteiger partial charge in [0.1, 0.15) is 5.69 Å². The lowest BCUT2D eigenvalue weighted by molar-refractivity contribution is -0.384. The van der Waals surface area contributed by atoms with Gasteiger partial charge >= 0.3 is 0 Å². The largest absolute Gasteiger partial charge is 0.394 e. The highest BCUT2D eigenvalue weighted by atomic mass is 16.6. The number of nitrogens with one attached hydrogen (secondary N) is 1. The van der Waals surface area contributed by atoms with Crippen molar-refractivity contribution < 1.29 is 15.1 Å². The third kappa shape index (κ3) is 2.94. The molecule has 1 rings (SSSR count). The van der Waals surface area contributed by atoms with Gasteiger partial charge in [0.05, 0.1) is 35.3 Å². The molecule has 1 aromatic rings. The second-order valence-corrected chi connectivity index (χ2v) is 4.10. The summed E-state index contributed by atoms with van der Waals surface area (Å²) < 4.78 is 0.